The number of hydrogen-bond donors (Lipinski definition) is 0. The lowest BCUT2D eigenvalue weighted by molar-refractivity contribution is 0.779. The molecule has 0 fully saturated rings. The summed E-state index contributed by atoms with van der Waals surface area (Å²) in [5.41, 5.74) is 0. The third-order valence-electron chi connectivity index (χ3n) is 0.780. The van der Waals surface area contributed by atoms with Crippen molar-refractivity contribution in [2.24, 2.45) is 0 Å². The van der Waals surface area contributed by atoms with Crippen LogP contribution in [0.1, 0.15) is 26.2 Å². The minimum Gasteiger partial charge on any atom is -0.558 e. The molecular weight excluding hydrogens is 91.0 g/mol. The monoisotopic (exact) mass is 103 g/mol. The van der Waals surface area contributed by atoms with Gasteiger partial charge in [-0.3, -0.25) is 0 Å². The van der Waals surface area contributed by atoms with E-state index in [9.17, 15) is 0 Å². The molecule has 0 bridgehead atoms. The van der Waals surface area contributed by atoms with Crippen molar-refractivity contribution in [3.05, 3.63) is 0 Å². The second kappa shape index (κ2) is 5.43. The third-order valence-corrected chi connectivity index (χ3v) is 1.13. The molecule has 0 aromatic heterocycles. The van der Waals surface area contributed by atoms with E-state index in [-0.39, 0.29) is 0 Å². The summed E-state index contributed by atoms with van der Waals surface area (Å²) in [5, 5.41) is 0. The molecule has 0 atom stereocenters. The quantitative estimate of drug-likeness (QED) is 0.380. The number of hydrogen-bond acceptors (Lipinski definition) is 0. The lowest BCUT2D eigenvalue weighted by atomic mass is 10.3. The fourth-order valence-corrected chi connectivity index (χ4v) is 0.625. The molecule has 0 aromatic carbocycles. The zero-order valence-electron chi connectivity index (χ0n) is 4.33. The molecule has 0 saturated heterocycles. The van der Waals surface area contributed by atoms with E-state index in [2.05, 4.69) is 16.2 Å². The van der Waals surface area contributed by atoms with Gasteiger partial charge in [0.15, 0.2) is 0 Å². The predicted molar refractivity (Wildman–Crippen MR) is 32.7 cm³/mol. The van der Waals surface area contributed by atoms with E-state index in [0.29, 0.717) is 0 Å². The molecule has 1 heteroatoms. The zero-order valence-corrected chi connectivity index (χ0v) is 5.33. The Morgan fingerprint density at radius 1 is 1.33 bits per heavy atom. The smallest absolute Gasteiger partial charge is 0.0558 e. The highest BCUT2D eigenvalue weighted by Gasteiger charge is 1.70. The molecule has 0 N–H and O–H groups in total. The molecule has 0 spiro atoms. The summed E-state index contributed by atoms with van der Waals surface area (Å²) in [4.78, 5) is 0. The highest BCUT2D eigenvalue weighted by molar-refractivity contribution is 7.16. The molecule has 0 rings (SSSR count). The Labute approximate surface area is 42.5 Å². The molecular formula is C5H12P-. The van der Waals surface area contributed by atoms with E-state index in [4.69, 9.17) is 0 Å². The molecule has 6 heavy (non-hydrogen) atoms. The molecule has 0 saturated carbocycles. The number of unbranched alkanes of at least 4 members (excludes halogenated alkanes) is 2. The predicted octanol–water partition coefficient (Wildman–Crippen LogP) is 2.32. The van der Waals surface area contributed by atoms with Crippen molar-refractivity contribution in [3.8, 4) is 0 Å². The van der Waals surface area contributed by atoms with Gasteiger partial charge in [-0.1, -0.05) is 26.2 Å². The summed E-state index contributed by atoms with van der Waals surface area (Å²) < 4.78 is 0. The van der Waals surface area contributed by atoms with Gasteiger partial charge in [0, 0.05) is 0 Å². The molecule has 0 radical (unpaired) electrons. The molecule has 0 unspecified atom stereocenters. The van der Waals surface area contributed by atoms with Gasteiger partial charge < -0.3 is 9.24 Å². The summed E-state index contributed by atoms with van der Waals surface area (Å²) in [5.74, 6) is 0. The molecule has 0 aliphatic heterocycles. The van der Waals surface area contributed by atoms with Crippen LogP contribution in [0.25, 0.3) is 0 Å². The minimum atomic E-state index is 1.16. The Kier molecular flexibility index (Phi) is 5.82. The maximum atomic E-state index is 3.39. The van der Waals surface area contributed by atoms with Crippen molar-refractivity contribution in [3.63, 3.8) is 0 Å². The van der Waals surface area contributed by atoms with Crippen LogP contribution < -0.4 is 0 Å². The van der Waals surface area contributed by atoms with Crippen molar-refractivity contribution in [2.45, 2.75) is 26.2 Å². The van der Waals surface area contributed by atoms with E-state index in [1.165, 1.54) is 19.3 Å². The van der Waals surface area contributed by atoms with E-state index in [1.807, 2.05) is 0 Å². The van der Waals surface area contributed by atoms with Gasteiger partial charge in [0.05, 0.1) is 0 Å². The first-order valence-corrected chi connectivity index (χ1v) is 3.27. The molecule has 0 nitrogen and oxygen atoms in total. The zero-order chi connectivity index (χ0) is 4.83. The van der Waals surface area contributed by atoms with Gasteiger partial charge in [-0.15, -0.1) is 0 Å². The number of rotatable bonds is 3. The van der Waals surface area contributed by atoms with Crippen molar-refractivity contribution in [2.75, 3.05) is 6.16 Å². The maximum absolute atomic E-state index is 3.39. The average molecular weight is 103 g/mol. The average Bonchev–Trinajstić information content (AvgIpc) is 1.61. The van der Waals surface area contributed by atoms with Crippen LogP contribution in [0.2, 0.25) is 0 Å². The summed E-state index contributed by atoms with van der Waals surface area (Å²) in [7, 11) is 3.39. The molecule has 0 aliphatic rings. The highest BCUT2D eigenvalue weighted by Crippen LogP contribution is 1.95. The molecule has 0 aliphatic carbocycles. The fourth-order valence-electron chi connectivity index (χ4n) is 0.375. The topological polar surface area (TPSA) is 0 Å². The Hall–Kier alpha value is 0.430. The first-order valence-electron chi connectivity index (χ1n) is 2.56. The first kappa shape index (κ1) is 6.43. The molecule has 0 amide bonds. The van der Waals surface area contributed by atoms with Crippen LogP contribution in [-0.2, 0) is 0 Å². The van der Waals surface area contributed by atoms with E-state index < -0.39 is 0 Å². The Morgan fingerprint density at radius 2 is 2.00 bits per heavy atom. The standard InChI is InChI=1S/C5H12P/c1-2-3-4-5-6/h6H,2-5H2,1H3/q-1. The van der Waals surface area contributed by atoms with Crippen LogP contribution >= 0.6 is 9.24 Å². The van der Waals surface area contributed by atoms with Gasteiger partial charge >= 0.3 is 0 Å². The largest absolute Gasteiger partial charge is 0.558 e. The van der Waals surface area contributed by atoms with Gasteiger partial charge in [0.1, 0.15) is 0 Å². The van der Waals surface area contributed by atoms with Crippen molar-refractivity contribution in [1.29, 1.82) is 0 Å². The second-order valence-electron chi connectivity index (χ2n) is 1.46. The Bertz CT molecular complexity index is 15.9. The highest BCUT2D eigenvalue weighted by atomic mass is 31.0. The Morgan fingerprint density at radius 3 is 2.17 bits per heavy atom. The van der Waals surface area contributed by atoms with Crippen LogP contribution in [0.5, 0.6) is 0 Å². The van der Waals surface area contributed by atoms with Gasteiger partial charge in [-0.05, 0) is 0 Å². The van der Waals surface area contributed by atoms with Crippen molar-refractivity contribution in [1.82, 2.24) is 0 Å². The SMILES string of the molecule is CCCCC[PH-]. The van der Waals surface area contributed by atoms with Crippen LogP contribution in [0.15, 0.2) is 0 Å². The van der Waals surface area contributed by atoms with Crippen molar-refractivity contribution < 1.29 is 0 Å². The second-order valence-corrected chi connectivity index (χ2v) is 1.96. The minimum absolute atomic E-state index is 1.16. The summed E-state index contributed by atoms with van der Waals surface area (Å²) in [6.07, 6.45) is 5.18. The molecule has 0 heterocycles. The van der Waals surface area contributed by atoms with E-state index >= 15 is 0 Å². The van der Waals surface area contributed by atoms with Gasteiger partial charge in [-0.25, -0.2) is 0 Å². The van der Waals surface area contributed by atoms with Crippen LogP contribution in [0, 0.1) is 0 Å². The molecule has 38 valence electrons. The molecule has 0 aromatic rings. The fraction of sp³-hybridized carbons (Fsp3) is 1.00. The maximum Gasteiger partial charge on any atom is -0.0558 e. The summed E-state index contributed by atoms with van der Waals surface area (Å²) >= 11 is 0. The van der Waals surface area contributed by atoms with Crippen LogP contribution in [0.3, 0.4) is 0 Å². The summed E-state index contributed by atoms with van der Waals surface area (Å²) in [6, 6.07) is 0. The lowest BCUT2D eigenvalue weighted by Gasteiger charge is -1.93. The first-order chi connectivity index (χ1) is 2.91. The van der Waals surface area contributed by atoms with E-state index in [1.54, 1.807) is 0 Å². The van der Waals surface area contributed by atoms with Gasteiger partial charge in [0.25, 0.3) is 0 Å². The van der Waals surface area contributed by atoms with Crippen LogP contribution in [0.4, 0.5) is 0 Å². The summed E-state index contributed by atoms with van der Waals surface area (Å²) in [6.45, 7) is 2.21. The normalized spacial score (nSPS) is 9.00. The van der Waals surface area contributed by atoms with Gasteiger partial charge in [-0.2, -0.15) is 6.16 Å². The third kappa shape index (κ3) is 4.43. The lowest BCUT2D eigenvalue weighted by Crippen LogP contribution is -1.70. The van der Waals surface area contributed by atoms with Crippen LogP contribution in [-0.4, -0.2) is 6.16 Å². The Balaban J connectivity index is 2.34. The van der Waals surface area contributed by atoms with Gasteiger partial charge in [0.2, 0.25) is 0 Å². The van der Waals surface area contributed by atoms with Crippen molar-refractivity contribution >= 4 is 9.24 Å². The van der Waals surface area contributed by atoms with E-state index in [0.717, 1.165) is 6.16 Å².